The molecule has 4 heteroatoms. The van der Waals surface area contributed by atoms with Gasteiger partial charge in [0.2, 0.25) is 0 Å². The number of benzene rings is 1. The Morgan fingerprint density at radius 3 is 2.67 bits per heavy atom. The van der Waals surface area contributed by atoms with E-state index in [0.717, 1.165) is 49.6 Å². The van der Waals surface area contributed by atoms with Crippen LogP contribution in [0.3, 0.4) is 0 Å². The number of likely N-dealkylation sites (tertiary alicyclic amines) is 1. The minimum atomic E-state index is 0.182. The van der Waals surface area contributed by atoms with Gasteiger partial charge >= 0.3 is 0 Å². The molecule has 0 atom stereocenters. The Labute approximate surface area is 146 Å². The Hall–Kier alpha value is -2.07. The first-order valence-corrected chi connectivity index (χ1v) is 9.50. The van der Waals surface area contributed by atoms with E-state index in [-0.39, 0.29) is 5.91 Å². The van der Waals surface area contributed by atoms with Crippen LogP contribution in [0.25, 0.3) is 10.2 Å². The fraction of sp³-hybridized carbons (Fsp3) is 0.350. The van der Waals surface area contributed by atoms with Crippen molar-refractivity contribution in [3.8, 4) is 0 Å². The maximum Gasteiger partial charge on any atom is 0.270 e. The number of nitrogens with zero attached hydrogens (tertiary/aromatic N) is 2. The molecular weight excluding hydrogens is 316 g/mol. The number of hydrogen-bond donors (Lipinski definition) is 0. The monoisotopic (exact) mass is 338 g/mol. The van der Waals surface area contributed by atoms with E-state index in [9.17, 15) is 4.79 Å². The van der Waals surface area contributed by atoms with Gasteiger partial charge in [-0.2, -0.15) is 0 Å². The van der Waals surface area contributed by atoms with E-state index in [1.165, 1.54) is 10.3 Å². The van der Waals surface area contributed by atoms with Crippen molar-refractivity contribution >= 4 is 27.5 Å². The summed E-state index contributed by atoms with van der Waals surface area (Å²) in [6.07, 6.45) is 2.22. The van der Waals surface area contributed by atoms with E-state index in [1.54, 1.807) is 11.3 Å². The predicted molar refractivity (Wildman–Crippen MR) is 99.7 cm³/mol. The van der Waals surface area contributed by atoms with Gasteiger partial charge in [-0.3, -0.25) is 4.79 Å². The molecule has 1 aliphatic heterocycles. The number of rotatable bonds is 3. The Balaban J connectivity index is 1.68. The third kappa shape index (κ3) is 2.86. The predicted octanol–water partition coefficient (Wildman–Crippen LogP) is 4.62. The summed E-state index contributed by atoms with van der Waals surface area (Å²) in [6.45, 7) is 4.77. The van der Waals surface area contributed by atoms with Crippen molar-refractivity contribution in [2.75, 3.05) is 13.1 Å². The molecule has 1 fully saturated rings. The van der Waals surface area contributed by atoms with Gasteiger partial charge in [0.05, 0.1) is 10.2 Å². The van der Waals surface area contributed by atoms with Crippen molar-refractivity contribution in [1.29, 1.82) is 0 Å². The van der Waals surface area contributed by atoms with Crippen LogP contribution >= 0.6 is 11.3 Å². The normalized spacial score (nSPS) is 16.0. The number of carbonyl (C=O) groups is 1. The van der Waals surface area contributed by atoms with E-state index < -0.39 is 0 Å². The highest BCUT2D eigenvalue weighted by atomic mass is 32.1. The van der Waals surface area contributed by atoms with Crippen LogP contribution in [0.2, 0.25) is 0 Å². The average Bonchev–Trinajstić information content (AvgIpc) is 3.19. The van der Waals surface area contributed by atoms with Crippen molar-refractivity contribution in [3.63, 3.8) is 0 Å². The van der Waals surface area contributed by atoms with Crippen LogP contribution in [0.1, 0.15) is 35.8 Å². The highest BCUT2D eigenvalue weighted by Crippen LogP contribution is 2.28. The summed E-state index contributed by atoms with van der Waals surface area (Å²) in [5.41, 5.74) is 3.22. The number of carbonyl (C=O) groups excluding carboxylic acids is 1. The lowest BCUT2D eigenvalue weighted by atomic mass is 9.99. The van der Waals surface area contributed by atoms with Crippen molar-refractivity contribution in [2.45, 2.75) is 26.3 Å². The van der Waals surface area contributed by atoms with Crippen LogP contribution in [0.5, 0.6) is 0 Å². The summed E-state index contributed by atoms with van der Waals surface area (Å²) in [5.74, 6) is 0.912. The number of piperidine rings is 1. The Kier molecular flexibility index (Phi) is 4.15. The molecule has 0 unspecified atom stereocenters. The third-order valence-corrected chi connectivity index (χ3v) is 5.85. The molecule has 3 nitrogen and oxygen atoms in total. The fourth-order valence-electron chi connectivity index (χ4n) is 3.46. The molecule has 0 aliphatic carbocycles. The maximum atomic E-state index is 13.1. The first-order valence-electron chi connectivity index (χ1n) is 8.62. The lowest BCUT2D eigenvalue weighted by molar-refractivity contribution is 0.0687. The zero-order valence-electron chi connectivity index (χ0n) is 13.9. The summed E-state index contributed by atoms with van der Waals surface area (Å²) >= 11 is 1.71. The molecule has 0 radical (unpaired) electrons. The van der Waals surface area contributed by atoms with Crippen molar-refractivity contribution in [2.24, 2.45) is 5.92 Å². The van der Waals surface area contributed by atoms with Gasteiger partial charge in [0.1, 0.15) is 5.69 Å². The molecule has 0 N–H and O–H groups in total. The average molecular weight is 338 g/mol. The molecule has 4 rings (SSSR count). The highest BCUT2D eigenvalue weighted by Gasteiger charge is 2.25. The SMILES string of the molecule is CC1CCN(C(=O)c2cc3sccc3n2Cc2ccccc2)CC1. The Morgan fingerprint density at radius 2 is 1.92 bits per heavy atom. The van der Waals surface area contributed by atoms with Gasteiger partial charge in [-0.05, 0) is 41.8 Å². The number of amides is 1. The molecule has 2 aromatic heterocycles. The van der Waals surface area contributed by atoms with Crippen LogP contribution in [-0.2, 0) is 6.54 Å². The van der Waals surface area contributed by atoms with Crippen LogP contribution in [0, 0.1) is 5.92 Å². The van der Waals surface area contributed by atoms with Crippen LogP contribution in [0.15, 0.2) is 47.8 Å². The molecular formula is C20H22N2OS. The lowest BCUT2D eigenvalue weighted by Crippen LogP contribution is -2.38. The Bertz CT molecular complexity index is 841. The van der Waals surface area contributed by atoms with Crippen molar-refractivity contribution < 1.29 is 4.79 Å². The van der Waals surface area contributed by atoms with E-state index >= 15 is 0 Å². The summed E-state index contributed by atoms with van der Waals surface area (Å²) in [6, 6.07) is 14.6. The van der Waals surface area contributed by atoms with E-state index in [4.69, 9.17) is 0 Å². The molecule has 124 valence electrons. The minimum absolute atomic E-state index is 0.182. The minimum Gasteiger partial charge on any atom is -0.337 e. The zero-order valence-corrected chi connectivity index (χ0v) is 14.8. The molecule has 1 aromatic carbocycles. The second kappa shape index (κ2) is 6.44. The zero-order chi connectivity index (χ0) is 16.5. The number of fused-ring (bicyclic) bond motifs is 1. The first kappa shape index (κ1) is 15.5. The van der Waals surface area contributed by atoms with Crippen molar-refractivity contribution in [1.82, 2.24) is 9.47 Å². The van der Waals surface area contributed by atoms with Crippen LogP contribution in [0.4, 0.5) is 0 Å². The summed E-state index contributed by atoms with van der Waals surface area (Å²) in [5, 5.41) is 2.10. The largest absolute Gasteiger partial charge is 0.337 e. The molecule has 1 aliphatic rings. The summed E-state index contributed by atoms with van der Waals surface area (Å²) < 4.78 is 3.38. The fourth-order valence-corrected chi connectivity index (χ4v) is 4.29. The molecule has 3 heterocycles. The molecule has 1 amide bonds. The van der Waals surface area contributed by atoms with Gasteiger partial charge in [0.15, 0.2) is 0 Å². The quantitative estimate of drug-likeness (QED) is 0.684. The second-order valence-electron chi connectivity index (χ2n) is 6.75. The molecule has 0 saturated carbocycles. The molecule has 24 heavy (non-hydrogen) atoms. The van der Waals surface area contributed by atoms with E-state index in [1.807, 2.05) is 11.0 Å². The Morgan fingerprint density at radius 1 is 1.17 bits per heavy atom. The lowest BCUT2D eigenvalue weighted by Gasteiger charge is -2.30. The van der Waals surface area contributed by atoms with E-state index in [0.29, 0.717) is 0 Å². The smallest absolute Gasteiger partial charge is 0.270 e. The highest BCUT2D eigenvalue weighted by molar-refractivity contribution is 7.17. The standard InChI is InChI=1S/C20H22N2OS/c1-15-7-10-21(11-8-15)20(23)18-13-19-17(9-12-24-19)22(18)14-16-5-3-2-4-6-16/h2-6,9,12-13,15H,7-8,10-11,14H2,1H3. The topological polar surface area (TPSA) is 25.2 Å². The van der Waals surface area contributed by atoms with Crippen LogP contribution < -0.4 is 0 Å². The molecule has 3 aromatic rings. The van der Waals surface area contributed by atoms with Gasteiger partial charge in [-0.1, -0.05) is 37.3 Å². The third-order valence-electron chi connectivity index (χ3n) is 5.00. The summed E-state index contributed by atoms with van der Waals surface area (Å²) in [7, 11) is 0. The van der Waals surface area contributed by atoms with Gasteiger partial charge < -0.3 is 9.47 Å². The van der Waals surface area contributed by atoms with Gasteiger partial charge in [0, 0.05) is 19.6 Å². The van der Waals surface area contributed by atoms with Crippen molar-refractivity contribution in [3.05, 3.63) is 59.1 Å². The summed E-state index contributed by atoms with van der Waals surface area (Å²) in [4.78, 5) is 15.1. The number of hydrogen-bond acceptors (Lipinski definition) is 2. The molecule has 0 spiro atoms. The maximum absolute atomic E-state index is 13.1. The number of thiophene rings is 1. The second-order valence-corrected chi connectivity index (χ2v) is 7.69. The van der Waals surface area contributed by atoms with Gasteiger partial charge in [-0.15, -0.1) is 11.3 Å². The first-order chi connectivity index (χ1) is 11.7. The van der Waals surface area contributed by atoms with Gasteiger partial charge in [-0.25, -0.2) is 0 Å². The number of aromatic nitrogens is 1. The van der Waals surface area contributed by atoms with E-state index in [2.05, 4.69) is 53.3 Å². The van der Waals surface area contributed by atoms with Gasteiger partial charge in [0.25, 0.3) is 5.91 Å². The molecule has 0 bridgehead atoms. The van der Waals surface area contributed by atoms with Crippen LogP contribution in [-0.4, -0.2) is 28.5 Å². The molecule has 1 saturated heterocycles.